The van der Waals surface area contributed by atoms with E-state index in [9.17, 15) is 9.59 Å². The SMILES string of the molecule is CC(C)(C)C(=O)NCC(=O)NCC(CCO)c1ccccc1. The van der Waals surface area contributed by atoms with E-state index in [1.165, 1.54) is 0 Å². The van der Waals surface area contributed by atoms with Crippen LogP contribution in [0.3, 0.4) is 0 Å². The summed E-state index contributed by atoms with van der Waals surface area (Å²) in [4.78, 5) is 23.5. The smallest absolute Gasteiger partial charge is 0.239 e. The van der Waals surface area contributed by atoms with Crippen molar-refractivity contribution in [2.75, 3.05) is 19.7 Å². The van der Waals surface area contributed by atoms with Gasteiger partial charge in [-0.05, 0) is 12.0 Å². The summed E-state index contributed by atoms with van der Waals surface area (Å²) in [7, 11) is 0. The molecule has 5 nitrogen and oxygen atoms in total. The van der Waals surface area contributed by atoms with Crippen LogP contribution in [-0.4, -0.2) is 36.6 Å². The van der Waals surface area contributed by atoms with Crippen LogP contribution in [0.15, 0.2) is 30.3 Å². The quantitative estimate of drug-likeness (QED) is 0.713. The zero-order valence-corrected chi connectivity index (χ0v) is 13.6. The van der Waals surface area contributed by atoms with Crippen molar-refractivity contribution in [3.63, 3.8) is 0 Å². The Labute approximate surface area is 132 Å². The van der Waals surface area contributed by atoms with Crippen molar-refractivity contribution in [3.8, 4) is 0 Å². The molecule has 0 saturated heterocycles. The normalized spacial score (nSPS) is 12.5. The van der Waals surface area contributed by atoms with E-state index in [0.29, 0.717) is 13.0 Å². The Kier molecular flexibility index (Phi) is 7.05. The molecule has 0 saturated carbocycles. The summed E-state index contributed by atoms with van der Waals surface area (Å²) in [6.45, 7) is 5.87. The standard InChI is InChI=1S/C17H26N2O3/c1-17(2,3)16(22)19-12-15(21)18-11-14(9-10-20)13-7-5-4-6-8-13/h4-8,14,20H,9-12H2,1-3H3,(H,18,21)(H,19,22). The van der Waals surface area contributed by atoms with Crippen molar-refractivity contribution >= 4 is 11.8 Å². The van der Waals surface area contributed by atoms with E-state index in [2.05, 4.69) is 10.6 Å². The summed E-state index contributed by atoms with van der Waals surface area (Å²) in [6, 6.07) is 9.76. The molecular formula is C17H26N2O3. The van der Waals surface area contributed by atoms with Crippen LogP contribution in [0.1, 0.15) is 38.7 Å². The molecule has 1 atom stereocenters. The van der Waals surface area contributed by atoms with Gasteiger partial charge in [0.15, 0.2) is 0 Å². The van der Waals surface area contributed by atoms with Crippen LogP contribution in [-0.2, 0) is 9.59 Å². The van der Waals surface area contributed by atoms with Gasteiger partial charge in [-0.2, -0.15) is 0 Å². The zero-order chi connectivity index (χ0) is 16.6. The van der Waals surface area contributed by atoms with E-state index in [-0.39, 0.29) is 30.9 Å². The molecule has 0 aliphatic heterocycles. The van der Waals surface area contributed by atoms with Gasteiger partial charge in [0.2, 0.25) is 11.8 Å². The van der Waals surface area contributed by atoms with Crippen molar-refractivity contribution in [1.82, 2.24) is 10.6 Å². The van der Waals surface area contributed by atoms with E-state index < -0.39 is 5.41 Å². The second kappa shape index (κ2) is 8.54. The van der Waals surface area contributed by atoms with Crippen LogP contribution < -0.4 is 10.6 Å². The number of aliphatic hydroxyl groups excluding tert-OH is 1. The molecule has 122 valence electrons. The van der Waals surface area contributed by atoms with Crippen LogP contribution in [0.2, 0.25) is 0 Å². The zero-order valence-electron chi connectivity index (χ0n) is 13.6. The van der Waals surface area contributed by atoms with Crippen LogP contribution in [0, 0.1) is 5.41 Å². The first-order valence-corrected chi connectivity index (χ1v) is 7.55. The average molecular weight is 306 g/mol. The first-order valence-electron chi connectivity index (χ1n) is 7.55. The minimum atomic E-state index is -0.510. The Hall–Kier alpha value is -1.88. The van der Waals surface area contributed by atoms with Gasteiger partial charge in [0.1, 0.15) is 0 Å². The number of benzene rings is 1. The molecule has 5 heteroatoms. The van der Waals surface area contributed by atoms with Gasteiger partial charge in [-0.15, -0.1) is 0 Å². The van der Waals surface area contributed by atoms with Crippen LogP contribution in [0.4, 0.5) is 0 Å². The maximum atomic E-state index is 11.8. The van der Waals surface area contributed by atoms with Crippen molar-refractivity contribution in [2.24, 2.45) is 5.41 Å². The molecule has 0 spiro atoms. The molecule has 0 fully saturated rings. The van der Waals surface area contributed by atoms with Gasteiger partial charge >= 0.3 is 0 Å². The number of aliphatic hydroxyl groups is 1. The maximum Gasteiger partial charge on any atom is 0.239 e. The third kappa shape index (κ3) is 6.26. The van der Waals surface area contributed by atoms with E-state index in [1.807, 2.05) is 30.3 Å². The fourth-order valence-electron chi connectivity index (χ4n) is 1.99. The fourth-order valence-corrected chi connectivity index (χ4v) is 1.99. The van der Waals surface area contributed by atoms with E-state index in [1.54, 1.807) is 20.8 Å². The highest BCUT2D eigenvalue weighted by molar-refractivity contribution is 5.87. The number of hydrogen-bond donors (Lipinski definition) is 3. The van der Waals surface area contributed by atoms with Crippen LogP contribution >= 0.6 is 0 Å². The molecule has 3 N–H and O–H groups in total. The summed E-state index contributed by atoms with van der Waals surface area (Å²) >= 11 is 0. The first kappa shape index (κ1) is 18.2. The second-order valence-corrected chi connectivity index (χ2v) is 6.36. The predicted molar refractivity (Wildman–Crippen MR) is 86.4 cm³/mol. The molecular weight excluding hydrogens is 280 g/mol. The van der Waals surface area contributed by atoms with Gasteiger partial charge in [0.05, 0.1) is 6.54 Å². The number of carbonyl (C=O) groups is 2. The Balaban J connectivity index is 2.45. The van der Waals surface area contributed by atoms with Crippen molar-refractivity contribution in [3.05, 3.63) is 35.9 Å². The number of amides is 2. The van der Waals surface area contributed by atoms with Crippen molar-refractivity contribution in [1.29, 1.82) is 0 Å². The Bertz CT molecular complexity index is 480. The molecule has 0 bridgehead atoms. The van der Waals surface area contributed by atoms with E-state index in [0.717, 1.165) is 5.56 Å². The van der Waals surface area contributed by atoms with Gasteiger partial charge in [0.25, 0.3) is 0 Å². The van der Waals surface area contributed by atoms with Gasteiger partial charge < -0.3 is 15.7 Å². The predicted octanol–water partition coefficient (Wildman–Crippen LogP) is 1.43. The van der Waals surface area contributed by atoms with Crippen molar-refractivity contribution in [2.45, 2.75) is 33.1 Å². The second-order valence-electron chi connectivity index (χ2n) is 6.36. The summed E-state index contributed by atoms with van der Waals surface area (Å²) in [5, 5.41) is 14.6. The van der Waals surface area contributed by atoms with Gasteiger partial charge in [-0.1, -0.05) is 51.1 Å². The van der Waals surface area contributed by atoms with Gasteiger partial charge in [0, 0.05) is 24.5 Å². The Morgan fingerprint density at radius 1 is 1.14 bits per heavy atom. The first-order chi connectivity index (χ1) is 10.3. The lowest BCUT2D eigenvalue weighted by Gasteiger charge is -2.19. The largest absolute Gasteiger partial charge is 0.396 e. The summed E-state index contributed by atoms with van der Waals surface area (Å²) in [6.07, 6.45) is 0.582. The molecule has 1 rings (SSSR count). The number of nitrogens with one attached hydrogen (secondary N) is 2. The van der Waals surface area contributed by atoms with Crippen molar-refractivity contribution < 1.29 is 14.7 Å². The fraction of sp³-hybridized carbons (Fsp3) is 0.529. The number of carbonyl (C=O) groups excluding carboxylic acids is 2. The van der Waals surface area contributed by atoms with Crippen LogP contribution in [0.5, 0.6) is 0 Å². The number of hydrogen-bond acceptors (Lipinski definition) is 3. The van der Waals surface area contributed by atoms with E-state index in [4.69, 9.17) is 5.11 Å². The third-order valence-electron chi connectivity index (χ3n) is 3.38. The number of rotatable bonds is 7. The molecule has 0 radical (unpaired) electrons. The van der Waals surface area contributed by atoms with Gasteiger partial charge in [-0.25, -0.2) is 0 Å². The van der Waals surface area contributed by atoms with E-state index >= 15 is 0 Å². The molecule has 1 unspecified atom stereocenters. The highest BCUT2D eigenvalue weighted by Crippen LogP contribution is 2.18. The van der Waals surface area contributed by atoms with Gasteiger partial charge in [-0.3, -0.25) is 9.59 Å². The minimum absolute atomic E-state index is 0.0310. The molecule has 0 aliphatic carbocycles. The molecule has 22 heavy (non-hydrogen) atoms. The summed E-state index contributed by atoms with van der Waals surface area (Å²) in [5.41, 5.74) is 0.569. The Morgan fingerprint density at radius 2 is 1.77 bits per heavy atom. The lowest BCUT2D eigenvalue weighted by Crippen LogP contribution is -2.42. The summed E-state index contributed by atoms with van der Waals surface area (Å²) < 4.78 is 0. The molecule has 0 heterocycles. The Morgan fingerprint density at radius 3 is 2.32 bits per heavy atom. The topological polar surface area (TPSA) is 78.4 Å². The lowest BCUT2D eigenvalue weighted by atomic mass is 9.95. The molecule has 0 aliphatic rings. The minimum Gasteiger partial charge on any atom is -0.396 e. The van der Waals surface area contributed by atoms with Crippen LogP contribution in [0.25, 0.3) is 0 Å². The molecule has 1 aromatic carbocycles. The highest BCUT2D eigenvalue weighted by atomic mass is 16.3. The molecule has 2 amide bonds. The highest BCUT2D eigenvalue weighted by Gasteiger charge is 2.21. The molecule has 0 aromatic heterocycles. The lowest BCUT2D eigenvalue weighted by molar-refractivity contribution is -0.131. The monoisotopic (exact) mass is 306 g/mol. The maximum absolute atomic E-state index is 11.8. The average Bonchev–Trinajstić information content (AvgIpc) is 2.48. The summed E-state index contributed by atoms with van der Waals surface area (Å²) in [5.74, 6) is -0.317. The third-order valence-corrected chi connectivity index (χ3v) is 3.38. The molecule has 1 aromatic rings.